The largest absolute Gasteiger partial charge is 0.274 e. The van der Waals surface area contributed by atoms with E-state index in [0.717, 1.165) is 5.56 Å². The Balaban J connectivity index is 2.54. The highest BCUT2D eigenvalue weighted by Gasteiger charge is 2.38. The molecule has 1 aromatic rings. The van der Waals surface area contributed by atoms with Crippen LogP contribution in [-0.4, -0.2) is 23.3 Å². The molecule has 0 fully saturated rings. The van der Waals surface area contributed by atoms with Crippen LogP contribution in [0.5, 0.6) is 0 Å². The highest BCUT2D eigenvalue weighted by Crippen LogP contribution is 2.29. The third-order valence-corrected chi connectivity index (χ3v) is 3.46. The molecule has 3 heteroatoms. The summed E-state index contributed by atoms with van der Waals surface area (Å²) in [5.41, 5.74) is 2.38. The summed E-state index contributed by atoms with van der Waals surface area (Å²) < 4.78 is 0. The number of benzene rings is 1. The van der Waals surface area contributed by atoms with Crippen molar-refractivity contribution in [3.05, 3.63) is 47.0 Å². The van der Waals surface area contributed by atoms with Crippen LogP contribution in [0.25, 0.3) is 0 Å². The number of carbonyl (C=O) groups excluding carboxylic acids is 2. The maximum atomic E-state index is 12.5. The van der Waals surface area contributed by atoms with Gasteiger partial charge in [-0.15, -0.1) is 12.5 Å². The van der Waals surface area contributed by atoms with Crippen molar-refractivity contribution in [3.8, 4) is 11.8 Å². The van der Waals surface area contributed by atoms with Gasteiger partial charge in [0.15, 0.2) is 0 Å². The Morgan fingerprint density at radius 3 is 2.55 bits per heavy atom. The lowest BCUT2D eigenvalue weighted by molar-refractivity contribution is 0.0641. The van der Waals surface area contributed by atoms with Crippen molar-refractivity contribution >= 4 is 11.8 Å². The molecule has 20 heavy (non-hydrogen) atoms. The third kappa shape index (κ3) is 2.14. The predicted molar refractivity (Wildman–Crippen MR) is 78.5 cm³/mol. The summed E-state index contributed by atoms with van der Waals surface area (Å²) in [7, 11) is 0. The fourth-order valence-corrected chi connectivity index (χ4v) is 2.33. The average Bonchev–Trinajstić information content (AvgIpc) is 2.68. The lowest BCUT2D eigenvalue weighted by atomic mass is 9.98. The lowest BCUT2D eigenvalue weighted by Crippen LogP contribution is -2.33. The van der Waals surface area contributed by atoms with Gasteiger partial charge >= 0.3 is 0 Å². The minimum atomic E-state index is -0.250. The monoisotopic (exact) mass is 267 g/mol. The van der Waals surface area contributed by atoms with Crippen LogP contribution in [0, 0.1) is 24.7 Å². The second kappa shape index (κ2) is 5.34. The van der Waals surface area contributed by atoms with Crippen LogP contribution in [0.15, 0.2) is 24.8 Å². The second-order valence-electron chi connectivity index (χ2n) is 4.99. The van der Waals surface area contributed by atoms with Crippen LogP contribution in [0.2, 0.25) is 0 Å². The van der Waals surface area contributed by atoms with Crippen molar-refractivity contribution in [1.29, 1.82) is 0 Å². The SMILES string of the molecule is C=CC(C)CN1C(=O)c2c(C)ccc(C#CC)c2C1=O. The van der Waals surface area contributed by atoms with Crippen LogP contribution in [0.3, 0.4) is 0 Å². The minimum absolute atomic E-state index is 0.0678. The first-order valence-electron chi connectivity index (χ1n) is 6.56. The molecule has 1 unspecified atom stereocenters. The maximum Gasteiger partial charge on any atom is 0.262 e. The second-order valence-corrected chi connectivity index (χ2v) is 4.99. The number of aryl methyl sites for hydroxylation is 1. The zero-order valence-electron chi connectivity index (χ0n) is 12.0. The van der Waals surface area contributed by atoms with Crippen molar-refractivity contribution in [2.24, 2.45) is 5.92 Å². The molecular formula is C17H17NO2. The molecule has 1 aliphatic heterocycles. The Labute approximate surface area is 119 Å². The molecule has 1 aliphatic rings. The summed E-state index contributed by atoms with van der Waals surface area (Å²) in [6.07, 6.45) is 1.74. The zero-order valence-corrected chi connectivity index (χ0v) is 12.0. The molecule has 0 N–H and O–H groups in total. The van der Waals surface area contributed by atoms with Crippen molar-refractivity contribution in [3.63, 3.8) is 0 Å². The number of nitrogens with zero attached hydrogens (tertiary/aromatic N) is 1. The first-order chi connectivity index (χ1) is 9.51. The number of carbonyl (C=O) groups is 2. The Morgan fingerprint density at radius 1 is 1.30 bits per heavy atom. The molecule has 0 aliphatic carbocycles. The summed E-state index contributed by atoms with van der Waals surface area (Å²) >= 11 is 0. The molecule has 102 valence electrons. The molecule has 0 bridgehead atoms. The summed E-state index contributed by atoms with van der Waals surface area (Å²) in [6.45, 7) is 9.53. The Morgan fingerprint density at radius 2 is 1.95 bits per heavy atom. The molecule has 2 rings (SSSR count). The normalized spacial score (nSPS) is 14.7. The predicted octanol–water partition coefficient (Wildman–Crippen LogP) is 2.78. The molecule has 0 saturated carbocycles. The highest BCUT2D eigenvalue weighted by molar-refractivity contribution is 6.23. The minimum Gasteiger partial charge on any atom is -0.274 e. The van der Waals surface area contributed by atoms with Crippen LogP contribution >= 0.6 is 0 Å². The van der Waals surface area contributed by atoms with Gasteiger partial charge in [0, 0.05) is 12.1 Å². The first kappa shape index (κ1) is 14.1. The van der Waals surface area contributed by atoms with E-state index in [1.54, 1.807) is 19.1 Å². The van der Waals surface area contributed by atoms with Gasteiger partial charge in [0.05, 0.1) is 11.1 Å². The number of hydrogen-bond donors (Lipinski definition) is 0. The van der Waals surface area contributed by atoms with Crippen LogP contribution < -0.4 is 0 Å². The van der Waals surface area contributed by atoms with Crippen molar-refractivity contribution in [1.82, 2.24) is 4.90 Å². The van der Waals surface area contributed by atoms with Gasteiger partial charge in [0.2, 0.25) is 0 Å². The van der Waals surface area contributed by atoms with Crippen LogP contribution in [0.1, 0.15) is 45.7 Å². The van der Waals surface area contributed by atoms with Gasteiger partial charge in [0.25, 0.3) is 11.8 Å². The molecule has 0 spiro atoms. The standard InChI is InChI=1S/C17H17NO2/c1-5-7-13-9-8-12(4)14-15(13)17(20)18(16(14)19)10-11(3)6-2/h6,8-9,11H,2,10H2,1,3-4H3. The fourth-order valence-electron chi connectivity index (χ4n) is 2.33. The topological polar surface area (TPSA) is 37.4 Å². The maximum absolute atomic E-state index is 12.5. The quantitative estimate of drug-likeness (QED) is 0.480. The molecule has 0 radical (unpaired) electrons. The van der Waals surface area contributed by atoms with Crippen molar-refractivity contribution in [2.45, 2.75) is 20.8 Å². The van der Waals surface area contributed by atoms with E-state index in [1.165, 1.54) is 4.90 Å². The highest BCUT2D eigenvalue weighted by atomic mass is 16.2. The van der Waals surface area contributed by atoms with Crippen molar-refractivity contribution in [2.75, 3.05) is 6.54 Å². The summed E-state index contributed by atoms with van der Waals surface area (Å²) in [5, 5.41) is 0. The molecule has 3 nitrogen and oxygen atoms in total. The number of amides is 2. The van der Waals surface area contributed by atoms with E-state index in [9.17, 15) is 9.59 Å². The Hall–Kier alpha value is -2.34. The van der Waals surface area contributed by atoms with E-state index in [-0.39, 0.29) is 17.7 Å². The Kier molecular flexibility index (Phi) is 3.76. The van der Waals surface area contributed by atoms with Crippen LogP contribution in [0.4, 0.5) is 0 Å². The first-order valence-corrected chi connectivity index (χ1v) is 6.56. The van der Waals surface area contributed by atoms with Gasteiger partial charge in [-0.05, 0) is 31.4 Å². The number of imide groups is 1. The lowest BCUT2D eigenvalue weighted by Gasteiger charge is -2.16. The van der Waals surface area contributed by atoms with Gasteiger partial charge in [0.1, 0.15) is 0 Å². The molecule has 0 aromatic heterocycles. The van der Waals surface area contributed by atoms with Gasteiger partial charge in [-0.1, -0.05) is 25.0 Å². The van der Waals surface area contributed by atoms with Gasteiger partial charge in [-0.2, -0.15) is 0 Å². The van der Waals surface area contributed by atoms with Gasteiger partial charge in [-0.3, -0.25) is 14.5 Å². The van der Waals surface area contributed by atoms with Crippen molar-refractivity contribution < 1.29 is 9.59 Å². The molecule has 2 amide bonds. The number of rotatable bonds is 3. The van der Waals surface area contributed by atoms with E-state index in [0.29, 0.717) is 23.2 Å². The van der Waals surface area contributed by atoms with E-state index in [1.807, 2.05) is 19.9 Å². The third-order valence-electron chi connectivity index (χ3n) is 3.46. The fraction of sp³-hybridized carbons (Fsp3) is 0.294. The average molecular weight is 267 g/mol. The summed E-state index contributed by atoms with van der Waals surface area (Å²) in [5.74, 6) is 5.28. The molecular weight excluding hydrogens is 250 g/mol. The van der Waals surface area contributed by atoms with E-state index < -0.39 is 0 Å². The Bertz CT molecular complexity index is 662. The van der Waals surface area contributed by atoms with E-state index in [2.05, 4.69) is 18.4 Å². The number of fused-ring (bicyclic) bond motifs is 1. The van der Waals surface area contributed by atoms with E-state index in [4.69, 9.17) is 0 Å². The van der Waals surface area contributed by atoms with Crippen LogP contribution in [-0.2, 0) is 0 Å². The molecule has 1 atom stereocenters. The zero-order chi connectivity index (χ0) is 14.9. The molecule has 1 aromatic carbocycles. The summed E-state index contributed by atoms with van der Waals surface area (Å²) in [4.78, 5) is 26.3. The number of hydrogen-bond acceptors (Lipinski definition) is 2. The molecule has 1 heterocycles. The smallest absolute Gasteiger partial charge is 0.262 e. The van der Waals surface area contributed by atoms with E-state index >= 15 is 0 Å². The molecule has 0 saturated heterocycles. The summed E-state index contributed by atoms with van der Waals surface area (Å²) in [6, 6.07) is 3.64. The van der Waals surface area contributed by atoms with Gasteiger partial charge < -0.3 is 0 Å². The van der Waals surface area contributed by atoms with Gasteiger partial charge in [-0.25, -0.2) is 0 Å².